The predicted octanol–water partition coefficient (Wildman–Crippen LogP) is 10.2. The summed E-state index contributed by atoms with van der Waals surface area (Å²) in [7, 11) is 0. The second kappa shape index (κ2) is 10.5. The summed E-state index contributed by atoms with van der Waals surface area (Å²) >= 11 is 0. The van der Waals surface area contributed by atoms with Gasteiger partial charge in [-0.1, -0.05) is 120 Å². The number of phenolic OH excluding ortho intramolecular Hbond substituents is 1. The molecule has 0 atom stereocenters. The maximum Gasteiger partial charge on any atom is 0.155 e. The van der Waals surface area contributed by atoms with E-state index in [9.17, 15) is 5.11 Å². The van der Waals surface area contributed by atoms with Crippen molar-refractivity contribution in [2.75, 3.05) is 0 Å². The first-order chi connectivity index (χ1) is 21.5. The first-order valence-corrected chi connectivity index (χ1v) is 15.5. The molecule has 4 aromatic carbocycles. The highest BCUT2D eigenvalue weighted by Gasteiger charge is 2.28. The summed E-state index contributed by atoms with van der Waals surface area (Å²) in [4.78, 5) is 8.70. The van der Waals surface area contributed by atoms with Gasteiger partial charge in [-0.25, -0.2) is 9.67 Å². The molecule has 0 radical (unpaired) electrons. The van der Waals surface area contributed by atoms with E-state index in [0.717, 1.165) is 66.6 Å². The Balaban J connectivity index is 1.51. The van der Waals surface area contributed by atoms with Crippen LogP contribution < -0.4 is 0 Å². The van der Waals surface area contributed by atoms with E-state index in [1.54, 1.807) is 0 Å². The van der Waals surface area contributed by atoms with Crippen LogP contribution in [0.3, 0.4) is 0 Å². The minimum absolute atomic E-state index is 0.111. The summed E-state index contributed by atoms with van der Waals surface area (Å²) in [5, 5.41) is 20.2. The first-order valence-electron chi connectivity index (χ1n) is 15.5. The van der Waals surface area contributed by atoms with E-state index in [1.165, 1.54) is 0 Å². The Morgan fingerprint density at radius 2 is 1.38 bits per heavy atom. The molecular weight excluding hydrogens is 552 g/mol. The van der Waals surface area contributed by atoms with E-state index < -0.39 is 0 Å². The number of H-pyrrole nitrogens is 1. The minimum Gasteiger partial charge on any atom is -0.507 e. The number of aromatic nitrogens is 4. The molecule has 0 unspecified atom stereocenters. The highest BCUT2D eigenvalue weighted by Crippen LogP contribution is 2.44. The van der Waals surface area contributed by atoms with Crippen molar-refractivity contribution in [2.24, 2.45) is 0 Å². The van der Waals surface area contributed by atoms with Crippen LogP contribution in [0.5, 0.6) is 5.75 Å². The number of hydrogen-bond acceptors (Lipinski definition) is 3. The highest BCUT2D eigenvalue weighted by atomic mass is 16.3. The number of nitrogens with zero attached hydrogens (tertiary/aromatic N) is 3. The van der Waals surface area contributed by atoms with Crippen LogP contribution in [0, 0.1) is 0 Å². The topological polar surface area (TPSA) is 66.7 Å². The zero-order chi connectivity index (χ0) is 31.5. The van der Waals surface area contributed by atoms with Crippen molar-refractivity contribution >= 4 is 21.7 Å². The van der Waals surface area contributed by atoms with Gasteiger partial charge < -0.3 is 10.1 Å². The van der Waals surface area contributed by atoms with Crippen molar-refractivity contribution < 1.29 is 5.11 Å². The van der Waals surface area contributed by atoms with Crippen LogP contribution in [-0.4, -0.2) is 24.9 Å². The van der Waals surface area contributed by atoms with Gasteiger partial charge in [-0.3, -0.25) is 0 Å². The molecule has 0 saturated carbocycles. The standard InChI is InChI=1S/C40H38N4O/c1-39(2,3)28-22-31(38(45)32(23-28)40(4,5)6)36-30-18-12-13-19-34(30)44(43-36)35-21-27(25-14-8-7-9-15-25)20-33(42-35)37-29-17-11-10-16-26(29)24-41-37/h7-24,41,45H,1-6H3. The summed E-state index contributed by atoms with van der Waals surface area (Å²) in [6.45, 7) is 13.0. The molecule has 5 heteroatoms. The van der Waals surface area contributed by atoms with E-state index in [2.05, 4.69) is 125 Å². The molecule has 0 saturated heterocycles. The first kappa shape index (κ1) is 28.6. The van der Waals surface area contributed by atoms with Crippen LogP contribution in [0.25, 0.3) is 61.3 Å². The Hall–Kier alpha value is -5.16. The van der Waals surface area contributed by atoms with Gasteiger partial charge in [-0.05, 0) is 57.2 Å². The molecule has 0 aliphatic rings. The fourth-order valence-electron chi connectivity index (χ4n) is 6.10. The molecule has 0 aliphatic carbocycles. The van der Waals surface area contributed by atoms with Gasteiger partial charge in [0, 0.05) is 28.1 Å². The smallest absolute Gasteiger partial charge is 0.155 e. The molecule has 45 heavy (non-hydrogen) atoms. The van der Waals surface area contributed by atoms with Crippen molar-refractivity contribution in [2.45, 2.75) is 52.4 Å². The van der Waals surface area contributed by atoms with E-state index >= 15 is 0 Å². The molecule has 2 N–H and O–H groups in total. The van der Waals surface area contributed by atoms with Crippen molar-refractivity contribution in [1.82, 2.24) is 19.7 Å². The normalized spacial score (nSPS) is 12.3. The Morgan fingerprint density at radius 1 is 0.689 bits per heavy atom. The molecule has 0 bridgehead atoms. The lowest BCUT2D eigenvalue weighted by atomic mass is 9.78. The molecule has 0 aliphatic heterocycles. The zero-order valence-corrected chi connectivity index (χ0v) is 26.7. The van der Waals surface area contributed by atoms with Crippen LogP contribution in [0.1, 0.15) is 52.7 Å². The fraction of sp³-hybridized carbons (Fsp3) is 0.200. The summed E-state index contributed by atoms with van der Waals surface area (Å²) in [5.74, 6) is 0.977. The third-order valence-electron chi connectivity index (χ3n) is 8.62. The number of pyridine rings is 1. The molecule has 5 nitrogen and oxygen atoms in total. The maximum absolute atomic E-state index is 11.8. The van der Waals surface area contributed by atoms with E-state index in [4.69, 9.17) is 10.1 Å². The van der Waals surface area contributed by atoms with Crippen molar-refractivity contribution in [1.29, 1.82) is 0 Å². The molecule has 7 rings (SSSR count). The maximum atomic E-state index is 11.8. The number of nitrogens with one attached hydrogen (secondary N) is 1. The molecule has 7 aromatic rings. The lowest BCUT2D eigenvalue weighted by Crippen LogP contribution is -2.17. The second-order valence-electron chi connectivity index (χ2n) is 13.9. The molecule has 224 valence electrons. The molecule has 3 heterocycles. The highest BCUT2D eigenvalue weighted by molar-refractivity contribution is 5.97. The lowest BCUT2D eigenvalue weighted by Gasteiger charge is -2.27. The van der Waals surface area contributed by atoms with Gasteiger partial charge in [0.1, 0.15) is 11.4 Å². The summed E-state index contributed by atoms with van der Waals surface area (Å²) < 4.78 is 1.92. The quantitative estimate of drug-likeness (QED) is 0.214. The van der Waals surface area contributed by atoms with Crippen molar-refractivity contribution in [3.05, 3.63) is 120 Å². The minimum atomic E-state index is -0.252. The van der Waals surface area contributed by atoms with Gasteiger partial charge in [-0.15, -0.1) is 0 Å². The Morgan fingerprint density at radius 3 is 2.11 bits per heavy atom. The molecular formula is C40H38N4O. The Labute approximate surface area is 264 Å². The number of fused-ring (bicyclic) bond motifs is 2. The number of benzene rings is 4. The molecule has 0 amide bonds. The second-order valence-corrected chi connectivity index (χ2v) is 13.9. The third-order valence-corrected chi connectivity index (χ3v) is 8.62. The van der Waals surface area contributed by atoms with Crippen LogP contribution in [0.2, 0.25) is 0 Å². The molecule has 3 aromatic heterocycles. The van der Waals surface area contributed by atoms with E-state index in [1.807, 2.05) is 35.1 Å². The van der Waals surface area contributed by atoms with Gasteiger partial charge in [0.25, 0.3) is 0 Å². The summed E-state index contributed by atoms with van der Waals surface area (Å²) in [6.07, 6.45) is 2.03. The monoisotopic (exact) mass is 590 g/mol. The number of aromatic hydroxyl groups is 1. The SMILES string of the molecule is CC(C)(C)c1cc(-c2nn(-c3cc(-c4ccccc4)cc(-c4[nH]cc5ccccc45)n3)c3ccccc23)c(O)c(C(C)(C)C)c1. The van der Waals surface area contributed by atoms with Gasteiger partial charge >= 0.3 is 0 Å². The molecule has 0 fully saturated rings. The number of aromatic amines is 1. The summed E-state index contributed by atoms with van der Waals surface area (Å²) in [6, 6.07) is 35.4. The third kappa shape index (κ3) is 5.08. The molecule has 0 spiro atoms. The van der Waals surface area contributed by atoms with E-state index in [-0.39, 0.29) is 16.6 Å². The van der Waals surface area contributed by atoms with Crippen molar-refractivity contribution in [3.63, 3.8) is 0 Å². The van der Waals surface area contributed by atoms with Crippen LogP contribution >= 0.6 is 0 Å². The van der Waals surface area contributed by atoms with Crippen molar-refractivity contribution in [3.8, 4) is 45.3 Å². The number of hydrogen-bond donors (Lipinski definition) is 2. The number of para-hydroxylation sites is 1. The van der Waals surface area contributed by atoms with Gasteiger partial charge in [0.15, 0.2) is 5.82 Å². The van der Waals surface area contributed by atoms with Crippen LogP contribution in [-0.2, 0) is 10.8 Å². The predicted molar refractivity (Wildman–Crippen MR) is 186 cm³/mol. The fourth-order valence-corrected chi connectivity index (χ4v) is 6.10. The number of phenols is 1. The average molecular weight is 591 g/mol. The Kier molecular flexibility index (Phi) is 6.66. The summed E-state index contributed by atoms with van der Waals surface area (Å²) in [5.41, 5.74) is 8.03. The zero-order valence-electron chi connectivity index (χ0n) is 26.7. The van der Waals surface area contributed by atoms with Gasteiger partial charge in [0.2, 0.25) is 0 Å². The largest absolute Gasteiger partial charge is 0.507 e. The number of rotatable bonds is 4. The van der Waals surface area contributed by atoms with Crippen LogP contribution in [0.15, 0.2) is 109 Å². The van der Waals surface area contributed by atoms with Crippen LogP contribution in [0.4, 0.5) is 0 Å². The van der Waals surface area contributed by atoms with E-state index in [0.29, 0.717) is 5.82 Å². The Bertz CT molecular complexity index is 2190. The average Bonchev–Trinajstić information content (AvgIpc) is 3.63. The van der Waals surface area contributed by atoms with Gasteiger partial charge in [-0.2, -0.15) is 5.10 Å². The lowest BCUT2D eigenvalue weighted by molar-refractivity contribution is 0.446. The van der Waals surface area contributed by atoms with Gasteiger partial charge in [0.05, 0.1) is 16.9 Å².